The molecule has 26 heavy (non-hydrogen) atoms. The summed E-state index contributed by atoms with van der Waals surface area (Å²) < 4.78 is 5.70. The molecule has 2 rings (SSSR count). The Labute approximate surface area is 154 Å². The van der Waals surface area contributed by atoms with Crippen molar-refractivity contribution in [1.82, 2.24) is 5.32 Å². The average Bonchev–Trinajstić information content (AvgIpc) is 2.59. The summed E-state index contributed by atoms with van der Waals surface area (Å²) in [4.78, 5) is 23.1. The highest BCUT2D eigenvalue weighted by atomic mass is 16.5. The first-order valence-corrected chi connectivity index (χ1v) is 8.65. The quantitative estimate of drug-likeness (QED) is 0.597. The average molecular weight is 354 g/mol. The summed E-state index contributed by atoms with van der Waals surface area (Å²) in [6.07, 6.45) is 0. The van der Waals surface area contributed by atoms with E-state index in [0.29, 0.717) is 24.4 Å². The monoisotopic (exact) mass is 354 g/mol. The number of Topliss-reactive ketones (excluding diaryl/α,β-unsaturated/α-hetero) is 1. The first-order chi connectivity index (χ1) is 12.3. The van der Waals surface area contributed by atoms with E-state index in [9.17, 15) is 9.59 Å². The molecular weight excluding hydrogens is 328 g/mol. The molecule has 0 fully saturated rings. The Kier molecular flexibility index (Phi) is 6.39. The van der Waals surface area contributed by atoms with Crippen molar-refractivity contribution < 1.29 is 14.3 Å². The van der Waals surface area contributed by atoms with Crippen LogP contribution in [0.2, 0.25) is 0 Å². The van der Waals surface area contributed by atoms with Gasteiger partial charge in [-0.25, -0.2) is 4.79 Å². The van der Waals surface area contributed by atoms with Gasteiger partial charge in [0.05, 0.1) is 6.54 Å². The number of ether oxygens (including phenoxy) is 1. The van der Waals surface area contributed by atoms with Gasteiger partial charge in [0.25, 0.3) is 0 Å². The number of amides is 2. The Morgan fingerprint density at radius 1 is 1.04 bits per heavy atom. The van der Waals surface area contributed by atoms with Crippen LogP contribution in [0.5, 0.6) is 5.75 Å². The summed E-state index contributed by atoms with van der Waals surface area (Å²) in [6, 6.07) is 14.4. The summed E-state index contributed by atoms with van der Waals surface area (Å²) in [5.41, 5.74) is 2.51. The highest BCUT2D eigenvalue weighted by Crippen LogP contribution is 2.25. The van der Waals surface area contributed by atoms with Crippen LogP contribution in [0.4, 0.5) is 10.5 Å². The Balaban J connectivity index is 1.76. The van der Waals surface area contributed by atoms with Crippen LogP contribution in [0.25, 0.3) is 0 Å². The van der Waals surface area contributed by atoms with Gasteiger partial charge < -0.3 is 15.4 Å². The normalized spacial score (nSPS) is 10.9. The maximum absolute atomic E-state index is 11.9. The molecule has 0 saturated heterocycles. The first-order valence-electron chi connectivity index (χ1n) is 8.65. The SMILES string of the molecule is CC(=O)c1ccc(NC(=O)NCCOc2cccc(C(C)(C)C)c2)cc1. The predicted octanol–water partition coefficient (Wildman–Crippen LogP) is 4.39. The molecule has 0 aromatic heterocycles. The van der Waals surface area contributed by atoms with Gasteiger partial charge in [-0.15, -0.1) is 0 Å². The number of anilines is 1. The van der Waals surface area contributed by atoms with Crippen LogP contribution in [0.1, 0.15) is 43.6 Å². The molecular formula is C21H26N2O3. The van der Waals surface area contributed by atoms with Crippen molar-refractivity contribution in [2.75, 3.05) is 18.5 Å². The molecule has 0 bridgehead atoms. The molecule has 5 nitrogen and oxygen atoms in total. The molecule has 0 atom stereocenters. The van der Waals surface area contributed by atoms with E-state index in [1.165, 1.54) is 12.5 Å². The molecule has 0 saturated carbocycles. The predicted molar refractivity (Wildman–Crippen MR) is 104 cm³/mol. The van der Waals surface area contributed by atoms with Gasteiger partial charge >= 0.3 is 6.03 Å². The lowest BCUT2D eigenvalue weighted by Crippen LogP contribution is -2.32. The van der Waals surface area contributed by atoms with Gasteiger partial charge in [-0.05, 0) is 54.3 Å². The standard InChI is InChI=1S/C21H26N2O3/c1-15(24)16-8-10-18(11-9-16)23-20(25)22-12-13-26-19-7-5-6-17(14-19)21(2,3)4/h5-11,14H,12-13H2,1-4H3,(H2,22,23,25). The number of hydrogen-bond donors (Lipinski definition) is 2. The van der Waals surface area contributed by atoms with E-state index in [0.717, 1.165) is 5.75 Å². The minimum Gasteiger partial charge on any atom is -0.492 e. The lowest BCUT2D eigenvalue weighted by atomic mass is 9.87. The zero-order valence-electron chi connectivity index (χ0n) is 15.8. The van der Waals surface area contributed by atoms with Crippen molar-refractivity contribution in [2.45, 2.75) is 33.1 Å². The lowest BCUT2D eigenvalue weighted by molar-refractivity contribution is 0.101. The molecule has 0 aliphatic carbocycles. The fourth-order valence-corrected chi connectivity index (χ4v) is 2.35. The number of carbonyl (C=O) groups is 2. The van der Waals surface area contributed by atoms with E-state index >= 15 is 0 Å². The second-order valence-electron chi connectivity index (χ2n) is 7.14. The van der Waals surface area contributed by atoms with Crippen LogP contribution < -0.4 is 15.4 Å². The molecule has 2 amide bonds. The van der Waals surface area contributed by atoms with Gasteiger partial charge in [0.2, 0.25) is 0 Å². The third-order valence-corrected chi connectivity index (χ3v) is 3.91. The molecule has 5 heteroatoms. The second-order valence-corrected chi connectivity index (χ2v) is 7.14. The van der Waals surface area contributed by atoms with Crippen LogP contribution in [0, 0.1) is 0 Å². The summed E-state index contributed by atoms with van der Waals surface area (Å²) in [5, 5.41) is 5.46. The van der Waals surface area contributed by atoms with E-state index in [4.69, 9.17) is 4.74 Å². The smallest absolute Gasteiger partial charge is 0.319 e. The third kappa shape index (κ3) is 5.92. The second kappa shape index (κ2) is 8.52. The van der Waals surface area contributed by atoms with E-state index in [1.54, 1.807) is 24.3 Å². The van der Waals surface area contributed by atoms with Crippen molar-refractivity contribution in [1.29, 1.82) is 0 Å². The van der Waals surface area contributed by atoms with E-state index in [-0.39, 0.29) is 17.2 Å². The van der Waals surface area contributed by atoms with Crippen LogP contribution >= 0.6 is 0 Å². The van der Waals surface area contributed by atoms with Crippen molar-refractivity contribution in [3.8, 4) is 5.75 Å². The van der Waals surface area contributed by atoms with Crippen LogP contribution in [0.3, 0.4) is 0 Å². The molecule has 138 valence electrons. The number of rotatable bonds is 6. The minimum absolute atomic E-state index is 0.00585. The third-order valence-electron chi connectivity index (χ3n) is 3.91. The van der Waals surface area contributed by atoms with Crippen molar-refractivity contribution in [2.24, 2.45) is 0 Å². The molecule has 2 aromatic carbocycles. The highest BCUT2D eigenvalue weighted by molar-refractivity contribution is 5.95. The summed E-state index contributed by atoms with van der Waals surface area (Å²) >= 11 is 0. The van der Waals surface area contributed by atoms with E-state index in [2.05, 4.69) is 37.5 Å². The summed E-state index contributed by atoms with van der Waals surface area (Å²) in [7, 11) is 0. The van der Waals surface area contributed by atoms with Crippen molar-refractivity contribution in [3.05, 3.63) is 59.7 Å². The molecule has 2 N–H and O–H groups in total. The zero-order chi connectivity index (χ0) is 19.2. The Morgan fingerprint density at radius 2 is 1.73 bits per heavy atom. The van der Waals surface area contributed by atoms with Gasteiger partial charge in [-0.3, -0.25) is 4.79 Å². The molecule has 0 aliphatic rings. The molecule has 0 radical (unpaired) electrons. The first kappa shape index (κ1) is 19.5. The maximum atomic E-state index is 11.9. The molecule has 0 unspecified atom stereocenters. The number of benzene rings is 2. The highest BCUT2D eigenvalue weighted by Gasteiger charge is 2.13. The number of ketones is 1. The fourth-order valence-electron chi connectivity index (χ4n) is 2.35. The van der Waals surface area contributed by atoms with Crippen molar-refractivity contribution >= 4 is 17.5 Å². The topological polar surface area (TPSA) is 67.4 Å². The van der Waals surface area contributed by atoms with Gasteiger partial charge in [0, 0.05) is 11.3 Å². The number of nitrogens with one attached hydrogen (secondary N) is 2. The largest absolute Gasteiger partial charge is 0.492 e. The van der Waals surface area contributed by atoms with Gasteiger partial charge in [-0.1, -0.05) is 32.9 Å². The number of hydrogen-bond acceptors (Lipinski definition) is 3. The molecule has 2 aromatic rings. The van der Waals surface area contributed by atoms with Gasteiger partial charge in [0.1, 0.15) is 12.4 Å². The number of carbonyl (C=O) groups excluding carboxylic acids is 2. The fraction of sp³-hybridized carbons (Fsp3) is 0.333. The van der Waals surface area contributed by atoms with Crippen molar-refractivity contribution in [3.63, 3.8) is 0 Å². The van der Waals surface area contributed by atoms with E-state index in [1.807, 2.05) is 18.2 Å². The molecule has 0 heterocycles. The zero-order valence-corrected chi connectivity index (χ0v) is 15.8. The lowest BCUT2D eigenvalue weighted by Gasteiger charge is -2.19. The van der Waals surface area contributed by atoms with Crippen LogP contribution in [-0.2, 0) is 5.41 Å². The Morgan fingerprint density at radius 3 is 2.35 bits per heavy atom. The Bertz CT molecular complexity index is 762. The molecule has 0 spiro atoms. The van der Waals surface area contributed by atoms with Crippen LogP contribution in [-0.4, -0.2) is 25.0 Å². The summed E-state index contributed by atoms with van der Waals surface area (Å²) in [5.74, 6) is 0.785. The number of urea groups is 1. The van der Waals surface area contributed by atoms with Gasteiger partial charge in [0.15, 0.2) is 5.78 Å². The minimum atomic E-state index is -0.312. The van der Waals surface area contributed by atoms with Gasteiger partial charge in [-0.2, -0.15) is 0 Å². The summed E-state index contributed by atoms with van der Waals surface area (Å²) in [6.45, 7) is 8.73. The Hall–Kier alpha value is -2.82. The molecule has 0 aliphatic heterocycles. The van der Waals surface area contributed by atoms with Crippen LogP contribution in [0.15, 0.2) is 48.5 Å². The van der Waals surface area contributed by atoms with E-state index < -0.39 is 0 Å². The maximum Gasteiger partial charge on any atom is 0.319 e.